The summed E-state index contributed by atoms with van der Waals surface area (Å²) in [5.74, 6) is 0.965. The van der Waals surface area contributed by atoms with Gasteiger partial charge < -0.3 is 15.4 Å². The predicted molar refractivity (Wildman–Crippen MR) is 91.6 cm³/mol. The monoisotopic (exact) mass is 326 g/mol. The summed E-state index contributed by atoms with van der Waals surface area (Å²) in [5, 5.41) is 0. The zero-order chi connectivity index (χ0) is 15.2. The quantitative estimate of drug-likeness (QED) is 0.905. The van der Waals surface area contributed by atoms with Crippen LogP contribution in [0.4, 0.5) is 0 Å². The molecule has 5 heteroatoms. The molecular weight excluding hydrogens is 300 g/mol. The van der Waals surface area contributed by atoms with Crippen LogP contribution in [0.2, 0.25) is 0 Å². The van der Waals surface area contributed by atoms with Gasteiger partial charge in [-0.15, -0.1) is 12.4 Å². The molecule has 0 spiro atoms. The number of halogens is 1. The van der Waals surface area contributed by atoms with Gasteiger partial charge in [0.1, 0.15) is 5.75 Å². The van der Waals surface area contributed by atoms with Crippen LogP contribution < -0.4 is 10.5 Å². The third kappa shape index (κ3) is 4.89. The highest BCUT2D eigenvalue weighted by atomic mass is 35.5. The van der Waals surface area contributed by atoms with Crippen molar-refractivity contribution < 1.29 is 9.53 Å². The van der Waals surface area contributed by atoms with Crippen molar-refractivity contribution in [2.45, 2.75) is 51.7 Å². The minimum atomic E-state index is 0. The zero-order valence-electron chi connectivity index (χ0n) is 13.5. The van der Waals surface area contributed by atoms with Crippen LogP contribution in [0.25, 0.3) is 0 Å². The molecule has 1 aromatic rings. The molecule has 0 aliphatic carbocycles. The van der Waals surface area contributed by atoms with Crippen LogP contribution >= 0.6 is 12.4 Å². The average molecular weight is 327 g/mol. The van der Waals surface area contributed by atoms with E-state index in [1.165, 1.54) is 6.42 Å². The Morgan fingerprint density at radius 2 is 2.09 bits per heavy atom. The van der Waals surface area contributed by atoms with E-state index in [1.54, 1.807) is 0 Å². The number of rotatable bonds is 5. The number of benzene rings is 1. The van der Waals surface area contributed by atoms with Crippen LogP contribution in [-0.4, -0.2) is 36.0 Å². The highest BCUT2D eigenvalue weighted by molar-refractivity contribution is 5.85. The molecule has 1 amide bonds. The van der Waals surface area contributed by atoms with E-state index in [0.29, 0.717) is 13.0 Å². The summed E-state index contributed by atoms with van der Waals surface area (Å²) in [6.07, 6.45) is 3.75. The number of nitrogens with zero attached hydrogens (tertiary/aromatic N) is 1. The van der Waals surface area contributed by atoms with E-state index in [2.05, 4.69) is 0 Å². The van der Waals surface area contributed by atoms with Gasteiger partial charge in [-0.3, -0.25) is 4.79 Å². The van der Waals surface area contributed by atoms with Crippen molar-refractivity contribution in [1.29, 1.82) is 0 Å². The van der Waals surface area contributed by atoms with Crippen LogP contribution in [-0.2, 0) is 11.2 Å². The molecular formula is C17H27ClN2O2. The highest BCUT2D eigenvalue weighted by Crippen LogP contribution is 2.23. The van der Waals surface area contributed by atoms with E-state index < -0.39 is 0 Å². The van der Waals surface area contributed by atoms with Crippen molar-refractivity contribution >= 4 is 18.3 Å². The Bertz CT molecular complexity index is 479. The van der Waals surface area contributed by atoms with Gasteiger partial charge in [0.25, 0.3) is 0 Å². The molecule has 4 nitrogen and oxygen atoms in total. The van der Waals surface area contributed by atoms with Gasteiger partial charge in [-0.2, -0.15) is 0 Å². The molecule has 2 N–H and O–H groups in total. The molecule has 1 aliphatic heterocycles. The maximum Gasteiger partial charge on any atom is 0.227 e. The van der Waals surface area contributed by atoms with Crippen LogP contribution in [0.1, 0.15) is 38.7 Å². The number of piperidine rings is 1. The zero-order valence-corrected chi connectivity index (χ0v) is 14.3. The molecule has 1 aromatic carbocycles. The SMILES string of the molecule is CC(C)Oc1ccccc1CC(=O)N1CCCCC1CN.Cl. The van der Waals surface area contributed by atoms with Crippen LogP contribution in [0, 0.1) is 0 Å². The van der Waals surface area contributed by atoms with Crippen molar-refractivity contribution in [2.24, 2.45) is 5.73 Å². The summed E-state index contributed by atoms with van der Waals surface area (Å²) in [6.45, 7) is 5.37. The Morgan fingerprint density at radius 3 is 2.77 bits per heavy atom. The van der Waals surface area contributed by atoms with Crippen molar-refractivity contribution in [3.63, 3.8) is 0 Å². The summed E-state index contributed by atoms with van der Waals surface area (Å²) < 4.78 is 5.79. The number of ether oxygens (including phenoxy) is 1. The molecule has 1 saturated heterocycles. The second kappa shape index (κ2) is 9.01. The minimum absolute atomic E-state index is 0. The van der Waals surface area contributed by atoms with Crippen molar-refractivity contribution in [2.75, 3.05) is 13.1 Å². The molecule has 124 valence electrons. The van der Waals surface area contributed by atoms with E-state index in [1.807, 2.05) is 43.0 Å². The second-order valence-corrected chi connectivity index (χ2v) is 5.92. The lowest BCUT2D eigenvalue weighted by atomic mass is 10.0. The van der Waals surface area contributed by atoms with Gasteiger partial charge in [0.2, 0.25) is 5.91 Å². The summed E-state index contributed by atoms with van der Waals surface area (Å²) in [4.78, 5) is 14.5. The third-order valence-electron chi connectivity index (χ3n) is 3.90. The molecule has 1 unspecified atom stereocenters. The predicted octanol–water partition coefficient (Wildman–Crippen LogP) is 2.78. The Kier molecular flexibility index (Phi) is 7.69. The molecule has 0 radical (unpaired) electrons. The summed E-state index contributed by atoms with van der Waals surface area (Å²) >= 11 is 0. The Morgan fingerprint density at radius 1 is 1.36 bits per heavy atom. The van der Waals surface area contributed by atoms with Crippen molar-refractivity contribution in [1.82, 2.24) is 4.90 Å². The lowest BCUT2D eigenvalue weighted by molar-refractivity contribution is -0.133. The Labute approximate surface area is 139 Å². The summed E-state index contributed by atoms with van der Waals surface area (Å²) in [7, 11) is 0. The molecule has 1 atom stereocenters. The highest BCUT2D eigenvalue weighted by Gasteiger charge is 2.26. The van der Waals surface area contributed by atoms with Gasteiger partial charge in [0, 0.05) is 24.7 Å². The molecule has 22 heavy (non-hydrogen) atoms. The first-order valence-electron chi connectivity index (χ1n) is 7.86. The average Bonchev–Trinajstić information content (AvgIpc) is 2.48. The maximum atomic E-state index is 12.6. The molecule has 0 bridgehead atoms. The van der Waals surface area contributed by atoms with Crippen LogP contribution in [0.3, 0.4) is 0 Å². The molecule has 0 saturated carbocycles. The number of nitrogens with two attached hydrogens (primary N) is 1. The fraction of sp³-hybridized carbons (Fsp3) is 0.588. The van der Waals surface area contributed by atoms with Gasteiger partial charge in [-0.05, 0) is 39.2 Å². The Hall–Kier alpha value is -1.26. The van der Waals surface area contributed by atoms with Crippen molar-refractivity contribution in [3.8, 4) is 5.75 Å². The van der Waals surface area contributed by atoms with Crippen LogP contribution in [0.15, 0.2) is 24.3 Å². The maximum absolute atomic E-state index is 12.6. The molecule has 0 aromatic heterocycles. The molecule has 1 fully saturated rings. The first-order valence-corrected chi connectivity index (χ1v) is 7.86. The van der Waals surface area contributed by atoms with Gasteiger partial charge in [0.15, 0.2) is 0 Å². The van der Waals surface area contributed by atoms with Gasteiger partial charge in [0.05, 0.1) is 12.5 Å². The third-order valence-corrected chi connectivity index (χ3v) is 3.90. The number of hydrogen-bond acceptors (Lipinski definition) is 3. The number of amides is 1. The van der Waals surface area contributed by atoms with Gasteiger partial charge in [-0.25, -0.2) is 0 Å². The van der Waals surface area contributed by atoms with Gasteiger partial charge in [-0.1, -0.05) is 18.2 Å². The summed E-state index contributed by atoms with van der Waals surface area (Å²) in [5.41, 5.74) is 6.76. The van der Waals surface area contributed by atoms with E-state index >= 15 is 0 Å². The smallest absolute Gasteiger partial charge is 0.227 e. The topological polar surface area (TPSA) is 55.6 Å². The van der Waals surface area contributed by atoms with E-state index in [4.69, 9.17) is 10.5 Å². The van der Waals surface area contributed by atoms with E-state index in [9.17, 15) is 4.79 Å². The minimum Gasteiger partial charge on any atom is -0.491 e. The van der Waals surface area contributed by atoms with Crippen molar-refractivity contribution in [3.05, 3.63) is 29.8 Å². The fourth-order valence-electron chi connectivity index (χ4n) is 2.86. The number of para-hydroxylation sites is 1. The number of likely N-dealkylation sites (tertiary alicyclic amines) is 1. The lowest BCUT2D eigenvalue weighted by Gasteiger charge is -2.35. The first-order chi connectivity index (χ1) is 10.1. The molecule has 2 rings (SSSR count). The lowest BCUT2D eigenvalue weighted by Crippen LogP contribution is -2.48. The van der Waals surface area contributed by atoms with E-state index in [-0.39, 0.29) is 30.5 Å². The fourth-order valence-corrected chi connectivity index (χ4v) is 2.86. The number of carbonyl (C=O) groups excluding carboxylic acids is 1. The Balaban J connectivity index is 0.00000242. The number of carbonyl (C=O) groups is 1. The number of hydrogen-bond donors (Lipinski definition) is 1. The second-order valence-electron chi connectivity index (χ2n) is 5.92. The standard InChI is InChI=1S/C17H26N2O2.ClH/c1-13(2)21-16-9-4-3-7-14(16)11-17(20)19-10-6-5-8-15(19)12-18;/h3-4,7,9,13,15H,5-6,8,10-12,18H2,1-2H3;1H. The van der Waals surface area contributed by atoms with Gasteiger partial charge >= 0.3 is 0 Å². The first kappa shape index (κ1) is 18.8. The molecule has 1 heterocycles. The summed E-state index contributed by atoms with van der Waals surface area (Å²) in [6, 6.07) is 7.99. The van der Waals surface area contributed by atoms with Crippen LogP contribution in [0.5, 0.6) is 5.75 Å². The normalized spacial score (nSPS) is 18.0. The largest absolute Gasteiger partial charge is 0.491 e. The molecule has 1 aliphatic rings. The van der Waals surface area contributed by atoms with E-state index in [0.717, 1.165) is 30.7 Å².